The molecular formula is C120H157IN4O14. The van der Waals surface area contributed by atoms with Crippen LogP contribution in [0.1, 0.15) is 318 Å². The second kappa shape index (κ2) is 47.6. The third-order valence-electron chi connectivity index (χ3n) is 31.3. The van der Waals surface area contributed by atoms with Crippen LogP contribution in [0.2, 0.25) is 0 Å². The Morgan fingerprint density at radius 1 is 0.540 bits per heavy atom. The van der Waals surface area contributed by atoms with Gasteiger partial charge in [0.1, 0.15) is 58.1 Å². The maximum atomic E-state index is 14.0. The Bertz CT molecular complexity index is 5950. The molecular weight excluding hydrogens is 1850 g/mol. The number of hydrogen-bond donors (Lipinski definition) is 6. The van der Waals surface area contributed by atoms with E-state index in [-0.39, 0.29) is 70.6 Å². The molecule has 18 nitrogen and oxygen atoms in total. The minimum absolute atomic E-state index is 0.00324. The van der Waals surface area contributed by atoms with E-state index >= 15 is 0 Å². The molecule has 0 spiro atoms. The molecule has 8 aliphatic rings. The highest BCUT2D eigenvalue weighted by Gasteiger charge is 2.48. The Hall–Kier alpha value is -9.45. The fourth-order valence-corrected chi connectivity index (χ4v) is 23.5. The number of rotatable bonds is 31. The van der Waals surface area contributed by atoms with Crippen molar-refractivity contribution in [3.05, 3.63) is 251 Å². The lowest BCUT2D eigenvalue weighted by atomic mass is 9.67. The number of para-hydroxylation sites is 1. The standard InChI is InChI=1S/C27H26N2O3.C25H38O3.C24H38O3.C23H25IN2O3.C21H30O2/c1-18-25(27(30)22-9-4-7-19-6-2-3-8-21(19)22)23-10-5-11-24-26(23)29(18)20(17-32-24)16-28-12-14-31-15-13-28;1-6-7-8-9-12-24(2,3)18-14-21(27)23-19-13-17(16-26)10-11-20(19)25(4,5)28-22(23)15-18;1-4-5-6-7-14-24(2,3)19-11-13-21(23(27)16-19)22-17-20(26)12-10-18(22)9-8-15-25;1-16-22(23(27)17-3-6-19(28-2)7-4-17)20-8-5-18(24)15-21(20)26(16)10-9-25-11-13-29-14-12-25;1-5-6-7-8-15-12-18(22)20-16-11-14(2)9-10-17(16)21(3,4)23-19(20)13-15/h2-11,20H,12-17H2,1H3;13-15,19-20,26-27H,6-12,16H2,1-5H3;11,13,16-18,22,25-27H,4-10,12,14-15H2,1-3H3;3-8,15H,9-14H2,1-2H3;11-13,16-17,22H,5-10H2,1-4H3/t;19-,20-;18-,22-;;16-,17-/m.11.1/s1. The van der Waals surface area contributed by atoms with E-state index in [2.05, 4.69) is 205 Å². The van der Waals surface area contributed by atoms with Crippen LogP contribution in [0.15, 0.2) is 181 Å². The summed E-state index contributed by atoms with van der Waals surface area (Å²) in [5, 5.41) is 65.4. The van der Waals surface area contributed by atoms with Crippen LogP contribution >= 0.6 is 22.6 Å². The number of phenols is 3. The maximum Gasteiger partial charge on any atom is 0.196 e. The van der Waals surface area contributed by atoms with Gasteiger partial charge in [-0.1, -0.05) is 203 Å². The van der Waals surface area contributed by atoms with Crippen molar-refractivity contribution in [3.63, 3.8) is 0 Å². The molecule has 0 radical (unpaired) electrons. The van der Waals surface area contributed by atoms with Gasteiger partial charge in [0.05, 0.1) is 74.1 Å². The number of carbonyl (C=O) groups is 2. The molecule has 2 aromatic heterocycles. The van der Waals surface area contributed by atoms with Crippen molar-refractivity contribution in [2.45, 2.75) is 291 Å². The summed E-state index contributed by atoms with van der Waals surface area (Å²) in [6, 6.07) is 48.3. The summed E-state index contributed by atoms with van der Waals surface area (Å²) in [5.74, 6) is 6.49. The number of aromatic hydroxyl groups is 3. The Labute approximate surface area is 841 Å². The third-order valence-corrected chi connectivity index (χ3v) is 31.9. The Morgan fingerprint density at radius 3 is 1.81 bits per heavy atom. The van der Waals surface area contributed by atoms with Crippen LogP contribution in [0.25, 0.3) is 32.6 Å². The van der Waals surface area contributed by atoms with Gasteiger partial charge in [-0.15, -0.1) is 0 Å². The number of fused-ring (bicyclic) bond motifs is 8. The lowest BCUT2D eigenvalue weighted by Crippen LogP contribution is -2.45. The van der Waals surface area contributed by atoms with Crippen LogP contribution in [0.5, 0.6) is 40.2 Å². The zero-order valence-electron chi connectivity index (χ0n) is 85.7. The van der Waals surface area contributed by atoms with E-state index in [1.165, 1.54) is 90.9 Å². The topological polar surface area (TPSA) is 227 Å². The van der Waals surface area contributed by atoms with Crippen LogP contribution in [0.4, 0.5) is 0 Å². The molecule has 7 atom stereocenters. The second-order valence-corrected chi connectivity index (χ2v) is 43.9. The summed E-state index contributed by atoms with van der Waals surface area (Å²) in [6.07, 6.45) is 30.7. The number of ether oxygens (including phenoxy) is 6. The molecule has 10 aromatic rings. The SMILES string of the molecule is CCCCCCC(C)(C)c1cc(O)c2c(c1)OC(C)(C)[C@@H]1CCC(CO)=C[C@@H]21.CCCCCCC(C)(C)c1ccc([C@@H]2C=C(O)CC[C@H]2CCCO)c(O)c1.CCCCCc1cc(O)c2c(c1)OC(C)(C)[C@@H]1CCC(C)=C[C@@H]21.COc1ccc(C(=O)c2c(C)n(CCN3CCOCC3)c3cc(I)ccc23)cc1.Cc1c(C(=O)c2cccc3ccccc23)c2cccc3c2n1C(CN1CCOCC1)CO3. The van der Waals surface area contributed by atoms with E-state index in [0.29, 0.717) is 59.4 Å². The number of benzene rings is 8. The normalized spacial score (nSPS) is 20.3. The van der Waals surface area contributed by atoms with E-state index in [9.17, 15) is 40.2 Å². The number of methoxy groups -OCH3 is 1. The van der Waals surface area contributed by atoms with Crippen molar-refractivity contribution in [1.29, 1.82) is 0 Å². The molecule has 748 valence electrons. The van der Waals surface area contributed by atoms with Crippen LogP contribution in [-0.2, 0) is 33.3 Å². The number of phenolic OH excluding ortho intramolecular Hbond substituents is 3. The van der Waals surface area contributed by atoms with Gasteiger partial charge in [-0.25, -0.2) is 0 Å². The van der Waals surface area contributed by atoms with E-state index in [1.807, 2.05) is 97.1 Å². The summed E-state index contributed by atoms with van der Waals surface area (Å²) in [4.78, 5) is 32.2. The Kier molecular flexibility index (Phi) is 36.1. The van der Waals surface area contributed by atoms with Crippen LogP contribution in [0.3, 0.4) is 0 Å². The summed E-state index contributed by atoms with van der Waals surface area (Å²) < 4.78 is 41.0. The number of nitrogens with zero attached hydrogens (tertiary/aromatic N) is 4. The summed E-state index contributed by atoms with van der Waals surface area (Å²) in [5.41, 5.74) is 15.6. The van der Waals surface area contributed by atoms with Crippen molar-refractivity contribution in [1.82, 2.24) is 18.9 Å². The molecule has 0 saturated carbocycles. The van der Waals surface area contributed by atoms with Gasteiger partial charge in [-0.3, -0.25) is 19.4 Å². The quantitative estimate of drug-likeness (QED) is 0.0103. The van der Waals surface area contributed by atoms with Crippen molar-refractivity contribution < 1.29 is 68.6 Å². The molecule has 6 N–H and O–H groups in total. The van der Waals surface area contributed by atoms with Crippen molar-refractivity contribution >= 4 is 66.7 Å². The predicted octanol–water partition coefficient (Wildman–Crippen LogP) is 27.0. The van der Waals surface area contributed by atoms with Crippen molar-refractivity contribution in [2.75, 3.05) is 92.6 Å². The number of hydrogen-bond acceptors (Lipinski definition) is 16. The van der Waals surface area contributed by atoms with Crippen LogP contribution < -0.4 is 18.9 Å². The van der Waals surface area contributed by atoms with E-state index in [0.717, 1.165) is 248 Å². The number of aliphatic hydroxyl groups is 3. The number of aryl methyl sites for hydroxylation is 1. The molecule has 139 heavy (non-hydrogen) atoms. The highest BCUT2D eigenvalue weighted by atomic mass is 127. The maximum absolute atomic E-state index is 14.0. The molecule has 3 aliphatic carbocycles. The second-order valence-electron chi connectivity index (χ2n) is 42.7. The fourth-order valence-electron chi connectivity index (χ4n) is 23.1. The number of aliphatic hydroxyl groups excluding tert-OH is 3. The lowest BCUT2D eigenvalue weighted by molar-refractivity contribution is 0.00980. The number of unbranched alkanes of at least 4 members (excludes halogenated alkanes) is 8. The molecule has 2 fully saturated rings. The zero-order valence-corrected chi connectivity index (χ0v) is 87.9. The number of carbonyl (C=O) groups excluding carboxylic acids is 2. The molecule has 0 bridgehead atoms. The largest absolute Gasteiger partial charge is 0.513 e. The van der Waals surface area contributed by atoms with Crippen molar-refractivity contribution in [3.8, 4) is 40.2 Å². The smallest absolute Gasteiger partial charge is 0.196 e. The fraction of sp³-hybridized carbons (Fsp3) is 0.517. The lowest BCUT2D eigenvalue weighted by Gasteiger charge is -2.47. The van der Waals surface area contributed by atoms with Crippen LogP contribution in [0, 0.1) is 35.2 Å². The monoisotopic (exact) mass is 2010 g/mol. The van der Waals surface area contributed by atoms with Crippen LogP contribution in [-0.4, -0.2) is 165 Å². The number of aromatic nitrogens is 2. The first-order valence-electron chi connectivity index (χ1n) is 52.1. The molecule has 19 heteroatoms. The summed E-state index contributed by atoms with van der Waals surface area (Å²) in [6.45, 7) is 41.3. The molecule has 0 amide bonds. The minimum Gasteiger partial charge on any atom is -0.513 e. The van der Waals surface area contributed by atoms with Gasteiger partial charge in [0.2, 0.25) is 0 Å². The van der Waals surface area contributed by atoms with Gasteiger partial charge >= 0.3 is 0 Å². The van der Waals surface area contributed by atoms with Gasteiger partial charge in [-0.05, 0) is 270 Å². The first kappa shape index (κ1) is 105. The number of halogens is 1. The van der Waals surface area contributed by atoms with E-state index in [1.54, 1.807) is 7.11 Å². The van der Waals surface area contributed by atoms with Gasteiger partial charge in [0.15, 0.2) is 11.6 Å². The molecule has 18 rings (SSSR count). The average molecular weight is 2010 g/mol. The number of allylic oxidation sites excluding steroid dienone is 5. The first-order valence-corrected chi connectivity index (χ1v) is 53.2. The molecule has 5 aliphatic heterocycles. The first-order chi connectivity index (χ1) is 66.8. The number of morpholine rings is 2. The number of ketones is 2. The molecule has 8 aromatic carbocycles. The summed E-state index contributed by atoms with van der Waals surface area (Å²) >= 11 is 2.33. The predicted molar refractivity (Wildman–Crippen MR) is 572 cm³/mol. The minimum atomic E-state index is -0.286. The van der Waals surface area contributed by atoms with E-state index < -0.39 is 0 Å². The highest BCUT2D eigenvalue weighted by molar-refractivity contribution is 14.1. The van der Waals surface area contributed by atoms with Gasteiger partial charge in [0, 0.05) is 142 Å². The Morgan fingerprint density at radius 2 is 1.14 bits per heavy atom. The zero-order chi connectivity index (χ0) is 99.0. The average Bonchev–Trinajstić information content (AvgIpc) is 1.47. The van der Waals surface area contributed by atoms with E-state index in [4.69, 9.17) is 28.4 Å². The van der Waals surface area contributed by atoms with Crippen molar-refractivity contribution in [2.24, 2.45) is 17.8 Å². The summed E-state index contributed by atoms with van der Waals surface area (Å²) in [7, 11) is 1.63. The highest BCUT2D eigenvalue weighted by Crippen LogP contribution is 2.57. The molecule has 1 unspecified atom stereocenters. The van der Waals surface area contributed by atoms with Gasteiger partial charge in [0.25, 0.3) is 0 Å². The molecule has 7 heterocycles. The molecule has 2 saturated heterocycles. The van der Waals surface area contributed by atoms with Gasteiger partial charge < -0.3 is 68.2 Å². The Balaban J connectivity index is 0.000000139. The van der Waals surface area contributed by atoms with Gasteiger partial charge in [-0.2, -0.15) is 0 Å². The third kappa shape index (κ3) is 24.9.